The minimum Gasteiger partial charge on any atom is -0.445 e. The zero-order valence-electron chi connectivity index (χ0n) is 15.8. The molecule has 0 unspecified atom stereocenters. The molecule has 5 heteroatoms. The van der Waals surface area contributed by atoms with E-state index in [1.807, 2.05) is 56.3 Å². The zero-order chi connectivity index (χ0) is 19.2. The Kier molecular flexibility index (Phi) is 6.12. The molecule has 0 spiro atoms. The van der Waals surface area contributed by atoms with Crippen molar-refractivity contribution in [3.05, 3.63) is 71.3 Å². The fraction of sp³-hybridized carbons (Fsp3) is 0.364. The minimum absolute atomic E-state index is 0.00270. The number of aryl methyl sites for hydroxylation is 1. The summed E-state index contributed by atoms with van der Waals surface area (Å²) in [6.45, 7) is 3.99. The first-order chi connectivity index (χ1) is 13.0. The second-order valence-electron chi connectivity index (χ2n) is 7.23. The number of amides is 2. The molecule has 0 heterocycles. The number of carbonyl (C=O) groups is 2. The Balaban J connectivity index is 1.56. The minimum atomic E-state index is -0.638. The van der Waals surface area contributed by atoms with Crippen molar-refractivity contribution in [3.63, 3.8) is 0 Å². The topological polar surface area (TPSA) is 67.4 Å². The van der Waals surface area contributed by atoms with Crippen molar-refractivity contribution in [2.45, 2.75) is 45.4 Å². The summed E-state index contributed by atoms with van der Waals surface area (Å²) in [4.78, 5) is 24.9. The molecule has 0 bridgehead atoms. The molecule has 0 fully saturated rings. The standard InChI is InChI=1S/C22H26N2O3/c1-15(2)20(24-22(26)27-14-16-8-4-3-5-9-16)21(25)23-19-13-12-17-10-6-7-11-18(17)19/h3-11,15,19-20H,12-14H2,1-2H3,(H,23,25)(H,24,26)/t19-,20-/m1/s1. The maximum absolute atomic E-state index is 12.8. The predicted octanol–water partition coefficient (Wildman–Crippen LogP) is 3.74. The summed E-state index contributed by atoms with van der Waals surface area (Å²) < 4.78 is 5.26. The average molecular weight is 366 g/mol. The van der Waals surface area contributed by atoms with Crippen molar-refractivity contribution in [2.24, 2.45) is 5.92 Å². The Labute approximate surface area is 160 Å². The van der Waals surface area contributed by atoms with Gasteiger partial charge in [0, 0.05) is 0 Å². The number of nitrogens with one attached hydrogen (secondary N) is 2. The Morgan fingerprint density at radius 2 is 1.78 bits per heavy atom. The van der Waals surface area contributed by atoms with Crippen LogP contribution in [0.3, 0.4) is 0 Å². The monoisotopic (exact) mass is 366 g/mol. The maximum Gasteiger partial charge on any atom is 0.408 e. The van der Waals surface area contributed by atoms with Crippen molar-refractivity contribution in [1.29, 1.82) is 0 Å². The third-order valence-electron chi connectivity index (χ3n) is 4.88. The van der Waals surface area contributed by atoms with E-state index in [4.69, 9.17) is 4.74 Å². The normalized spacial score (nSPS) is 16.5. The summed E-state index contributed by atoms with van der Waals surface area (Å²) in [5, 5.41) is 5.80. The molecule has 2 atom stereocenters. The van der Waals surface area contributed by atoms with Crippen LogP contribution in [0.5, 0.6) is 0 Å². The molecule has 2 aromatic rings. The Hall–Kier alpha value is -2.82. The van der Waals surface area contributed by atoms with Gasteiger partial charge in [-0.1, -0.05) is 68.4 Å². The number of hydrogen-bond donors (Lipinski definition) is 2. The second kappa shape index (κ2) is 8.71. The lowest BCUT2D eigenvalue weighted by molar-refractivity contribution is -0.124. The molecule has 0 radical (unpaired) electrons. The zero-order valence-corrected chi connectivity index (χ0v) is 15.8. The molecular weight excluding hydrogens is 340 g/mol. The van der Waals surface area contributed by atoms with Crippen LogP contribution in [0.4, 0.5) is 4.79 Å². The van der Waals surface area contributed by atoms with Crippen molar-refractivity contribution in [1.82, 2.24) is 10.6 Å². The highest BCUT2D eigenvalue weighted by Gasteiger charge is 2.29. The van der Waals surface area contributed by atoms with Crippen LogP contribution in [0.15, 0.2) is 54.6 Å². The molecule has 2 amide bonds. The van der Waals surface area contributed by atoms with E-state index in [0.717, 1.165) is 18.4 Å². The second-order valence-corrected chi connectivity index (χ2v) is 7.23. The van der Waals surface area contributed by atoms with Gasteiger partial charge in [-0.05, 0) is 35.4 Å². The Bertz CT molecular complexity index is 789. The molecule has 1 aliphatic rings. The molecular formula is C22H26N2O3. The first kappa shape index (κ1) is 19.0. The third kappa shape index (κ3) is 4.88. The van der Waals surface area contributed by atoms with Gasteiger partial charge in [-0.3, -0.25) is 4.79 Å². The third-order valence-corrected chi connectivity index (χ3v) is 4.88. The number of benzene rings is 2. The highest BCUT2D eigenvalue weighted by molar-refractivity contribution is 5.86. The van der Waals surface area contributed by atoms with Gasteiger partial charge in [0.1, 0.15) is 12.6 Å². The van der Waals surface area contributed by atoms with Gasteiger partial charge in [0.15, 0.2) is 0 Å². The number of hydrogen-bond acceptors (Lipinski definition) is 3. The molecule has 142 valence electrons. The fourth-order valence-electron chi connectivity index (χ4n) is 3.40. The van der Waals surface area contributed by atoms with Crippen LogP contribution in [-0.2, 0) is 22.6 Å². The van der Waals surface area contributed by atoms with Crippen LogP contribution in [0, 0.1) is 5.92 Å². The molecule has 0 saturated carbocycles. The van der Waals surface area contributed by atoms with E-state index in [9.17, 15) is 9.59 Å². The van der Waals surface area contributed by atoms with Crippen LogP contribution >= 0.6 is 0 Å². The summed E-state index contributed by atoms with van der Waals surface area (Å²) in [5.74, 6) is -0.228. The van der Waals surface area contributed by atoms with Gasteiger partial charge < -0.3 is 15.4 Å². The summed E-state index contributed by atoms with van der Waals surface area (Å²) >= 11 is 0. The van der Waals surface area contributed by atoms with Crippen LogP contribution in [0.25, 0.3) is 0 Å². The number of ether oxygens (including phenoxy) is 1. The van der Waals surface area contributed by atoms with Gasteiger partial charge in [0.05, 0.1) is 6.04 Å². The average Bonchev–Trinajstić information content (AvgIpc) is 3.08. The lowest BCUT2D eigenvalue weighted by atomic mass is 10.0. The predicted molar refractivity (Wildman–Crippen MR) is 104 cm³/mol. The highest BCUT2D eigenvalue weighted by atomic mass is 16.5. The molecule has 0 saturated heterocycles. The summed E-state index contributed by atoms with van der Waals surface area (Å²) in [6, 6.07) is 17.0. The van der Waals surface area contributed by atoms with Crippen molar-refractivity contribution >= 4 is 12.0 Å². The Morgan fingerprint density at radius 3 is 2.52 bits per heavy atom. The number of alkyl carbamates (subject to hydrolysis) is 1. The molecule has 5 nitrogen and oxygen atoms in total. The number of fused-ring (bicyclic) bond motifs is 1. The van der Waals surface area contributed by atoms with Gasteiger partial charge in [0.2, 0.25) is 5.91 Å². The molecule has 0 aromatic heterocycles. The molecule has 2 aromatic carbocycles. The first-order valence-corrected chi connectivity index (χ1v) is 9.40. The van der Waals surface area contributed by atoms with Gasteiger partial charge in [0.25, 0.3) is 0 Å². The lowest BCUT2D eigenvalue weighted by Crippen LogP contribution is -2.50. The quantitative estimate of drug-likeness (QED) is 0.818. The van der Waals surface area contributed by atoms with Crippen LogP contribution in [0.2, 0.25) is 0 Å². The molecule has 3 rings (SSSR count). The van der Waals surface area contributed by atoms with E-state index < -0.39 is 12.1 Å². The number of rotatable bonds is 6. The van der Waals surface area contributed by atoms with Gasteiger partial charge in [-0.25, -0.2) is 4.79 Å². The Morgan fingerprint density at radius 1 is 1.07 bits per heavy atom. The van der Waals surface area contributed by atoms with E-state index in [1.54, 1.807) is 0 Å². The van der Waals surface area contributed by atoms with E-state index in [1.165, 1.54) is 11.1 Å². The molecule has 1 aliphatic carbocycles. The lowest BCUT2D eigenvalue weighted by Gasteiger charge is -2.24. The first-order valence-electron chi connectivity index (χ1n) is 9.40. The van der Waals surface area contributed by atoms with Gasteiger partial charge >= 0.3 is 6.09 Å². The molecule has 2 N–H and O–H groups in total. The van der Waals surface area contributed by atoms with Crippen LogP contribution in [0.1, 0.15) is 43.0 Å². The SMILES string of the molecule is CC(C)[C@@H](NC(=O)OCc1ccccc1)C(=O)N[C@@H]1CCc2ccccc21. The smallest absolute Gasteiger partial charge is 0.408 e. The van der Waals surface area contributed by atoms with E-state index in [2.05, 4.69) is 22.8 Å². The summed E-state index contributed by atoms with van der Waals surface area (Å²) in [6.07, 6.45) is 1.26. The van der Waals surface area contributed by atoms with Gasteiger partial charge in [-0.15, -0.1) is 0 Å². The van der Waals surface area contributed by atoms with Crippen molar-refractivity contribution in [2.75, 3.05) is 0 Å². The van der Waals surface area contributed by atoms with E-state index in [0.29, 0.717) is 0 Å². The maximum atomic E-state index is 12.8. The summed E-state index contributed by atoms with van der Waals surface area (Å²) in [5.41, 5.74) is 3.35. The number of carbonyl (C=O) groups excluding carboxylic acids is 2. The largest absolute Gasteiger partial charge is 0.445 e. The highest BCUT2D eigenvalue weighted by Crippen LogP contribution is 2.30. The fourth-order valence-corrected chi connectivity index (χ4v) is 3.40. The van der Waals surface area contributed by atoms with E-state index >= 15 is 0 Å². The molecule has 27 heavy (non-hydrogen) atoms. The van der Waals surface area contributed by atoms with E-state index in [-0.39, 0.29) is 24.5 Å². The van der Waals surface area contributed by atoms with Crippen LogP contribution < -0.4 is 10.6 Å². The van der Waals surface area contributed by atoms with Crippen molar-refractivity contribution in [3.8, 4) is 0 Å². The van der Waals surface area contributed by atoms with Crippen molar-refractivity contribution < 1.29 is 14.3 Å². The van der Waals surface area contributed by atoms with Crippen LogP contribution in [-0.4, -0.2) is 18.0 Å². The molecule has 0 aliphatic heterocycles. The summed E-state index contributed by atoms with van der Waals surface area (Å²) in [7, 11) is 0. The van der Waals surface area contributed by atoms with Gasteiger partial charge in [-0.2, -0.15) is 0 Å².